The van der Waals surface area contributed by atoms with Crippen LogP contribution < -0.4 is 10.6 Å². The Balaban J connectivity index is 1.95. The lowest BCUT2D eigenvalue weighted by molar-refractivity contribution is 0.0950. The Kier molecular flexibility index (Phi) is 3.80. The third-order valence-corrected chi connectivity index (χ3v) is 2.36. The van der Waals surface area contributed by atoms with Crippen molar-refractivity contribution in [2.45, 2.75) is 6.54 Å². The molecule has 2 aromatic heterocycles. The van der Waals surface area contributed by atoms with Gasteiger partial charge < -0.3 is 10.6 Å². The van der Waals surface area contributed by atoms with E-state index in [1.165, 1.54) is 12.5 Å². The van der Waals surface area contributed by atoms with Crippen LogP contribution in [0.3, 0.4) is 0 Å². The molecule has 0 bridgehead atoms. The van der Waals surface area contributed by atoms with Crippen LogP contribution in [0, 0.1) is 0 Å². The predicted octanol–water partition coefficient (Wildman–Crippen LogP) is 0.843. The Morgan fingerprint density at radius 2 is 2.17 bits per heavy atom. The molecule has 1 amide bonds. The number of hydrogen-bond acceptors (Lipinski definition) is 5. The van der Waals surface area contributed by atoms with E-state index in [9.17, 15) is 4.79 Å². The van der Waals surface area contributed by atoms with Crippen LogP contribution in [0.15, 0.2) is 36.9 Å². The van der Waals surface area contributed by atoms with Crippen molar-refractivity contribution in [2.24, 2.45) is 0 Å². The van der Waals surface area contributed by atoms with Crippen LogP contribution in [0.4, 0.5) is 5.82 Å². The standard InChI is InChI=1S/C12H13N5O/c1-13-11-3-2-9(6-15-11)12(18)16-7-10-4-5-14-8-17-10/h2-6,8H,7H2,1H3,(H,13,15)(H,16,18). The molecule has 0 saturated carbocycles. The molecule has 0 aliphatic carbocycles. The first-order valence-corrected chi connectivity index (χ1v) is 5.46. The smallest absolute Gasteiger partial charge is 0.253 e. The molecule has 2 heterocycles. The highest BCUT2D eigenvalue weighted by molar-refractivity contribution is 5.93. The predicted molar refractivity (Wildman–Crippen MR) is 67.0 cm³/mol. The van der Waals surface area contributed by atoms with Gasteiger partial charge in [0.05, 0.1) is 17.8 Å². The molecule has 2 N–H and O–H groups in total. The van der Waals surface area contributed by atoms with Crippen LogP contribution in [0.25, 0.3) is 0 Å². The quantitative estimate of drug-likeness (QED) is 0.832. The molecular weight excluding hydrogens is 230 g/mol. The van der Waals surface area contributed by atoms with E-state index in [-0.39, 0.29) is 5.91 Å². The van der Waals surface area contributed by atoms with Crippen molar-refractivity contribution in [1.29, 1.82) is 0 Å². The van der Waals surface area contributed by atoms with Crippen LogP contribution in [0.2, 0.25) is 0 Å². The molecule has 6 nitrogen and oxygen atoms in total. The first kappa shape index (κ1) is 12.0. The number of carbonyl (C=O) groups excluding carboxylic acids is 1. The van der Waals surface area contributed by atoms with Gasteiger partial charge in [-0.3, -0.25) is 4.79 Å². The van der Waals surface area contributed by atoms with Gasteiger partial charge in [-0.25, -0.2) is 15.0 Å². The van der Waals surface area contributed by atoms with Crippen molar-refractivity contribution in [2.75, 3.05) is 12.4 Å². The van der Waals surface area contributed by atoms with Crippen LogP contribution >= 0.6 is 0 Å². The fraction of sp³-hybridized carbons (Fsp3) is 0.167. The zero-order valence-electron chi connectivity index (χ0n) is 9.92. The van der Waals surface area contributed by atoms with Crippen molar-refractivity contribution < 1.29 is 4.79 Å². The molecule has 0 aromatic carbocycles. The molecule has 92 valence electrons. The van der Waals surface area contributed by atoms with Crippen molar-refractivity contribution in [3.63, 3.8) is 0 Å². The van der Waals surface area contributed by atoms with Gasteiger partial charge in [-0.1, -0.05) is 0 Å². The molecule has 0 radical (unpaired) electrons. The van der Waals surface area contributed by atoms with Crippen molar-refractivity contribution in [1.82, 2.24) is 20.3 Å². The third-order valence-electron chi connectivity index (χ3n) is 2.36. The highest BCUT2D eigenvalue weighted by Crippen LogP contribution is 2.04. The number of carbonyl (C=O) groups is 1. The second kappa shape index (κ2) is 5.72. The summed E-state index contributed by atoms with van der Waals surface area (Å²) in [5.74, 6) is 0.547. The largest absolute Gasteiger partial charge is 0.373 e. The Labute approximate surface area is 105 Å². The van der Waals surface area contributed by atoms with E-state index in [0.29, 0.717) is 12.1 Å². The monoisotopic (exact) mass is 243 g/mol. The number of nitrogens with one attached hydrogen (secondary N) is 2. The lowest BCUT2D eigenvalue weighted by Gasteiger charge is -2.05. The summed E-state index contributed by atoms with van der Waals surface area (Å²) in [6.45, 7) is 0.370. The molecule has 0 aliphatic rings. The topological polar surface area (TPSA) is 79.8 Å². The summed E-state index contributed by atoms with van der Waals surface area (Å²) in [6.07, 6.45) is 4.61. The maximum atomic E-state index is 11.8. The Bertz CT molecular complexity index is 512. The molecule has 0 atom stereocenters. The highest BCUT2D eigenvalue weighted by Gasteiger charge is 2.05. The van der Waals surface area contributed by atoms with Gasteiger partial charge in [0.2, 0.25) is 0 Å². The summed E-state index contributed by atoms with van der Waals surface area (Å²) in [7, 11) is 1.77. The second-order valence-electron chi connectivity index (χ2n) is 3.57. The molecule has 0 fully saturated rings. The third kappa shape index (κ3) is 3.00. The number of aromatic nitrogens is 3. The first-order chi connectivity index (χ1) is 8.79. The van der Waals surface area contributed by atoms with Crippen LogP contribution in [0.5, 0.6) is 0 Å². The second-order valence-corrected chi connectivity index (χ2v) is 3.57. The van der Waals surface area contributed by atoms with Crippen molar-refractivity contribution >= 4 is 11.7 Å². The van der Waals surface area contributed by atoms with Gasteiger partial charge in [0.15, 0.2) is 0 Å². The molecular formula is C12H13N5O. The number of hydrogen-bond donors (Lipinski definition) is 2. The molecule has 0 unspecified atom stereocenters. The van der Waals surface area contributed by atoms with Crippen molar-refractivity contribution in [3.8, 4) is 0 Å². The summed E-state index contributed by atoms with van der Waals surface area (Å²) in [6, 6.07) is 5.22. The zero-order valence-corrected chi connectivity index (χ0v) is 9.92. The average molecular weight is 243 g/mol. The minimum Gasteiger partial charge on any atom is -0.373 e. The lowest BCUT2D eigenvalue weighted by Crippen LogP contribution is -2.23. The Hall–Kier alpha value is -2.50. The Morgan fingerprint density at radius 3 is 2.78 bits per heavy atom. The minimum atomic E-state index is -0.177. The number of pyridine rings is 1. The molecule has 2 rings (SSSR count). The summed E-state index contributed by atoms with van der Waals surface area (Å²) in [4.78, 5) is 23.7. The fourth-order valence-electron chi connectivity index (χ4n) is 1.37. The summed E-state index contributed by atoms with van der Waals surface area (Å²) in [5.41, 5.74) is 1.28. The molecule has 0 saturated heterocycles. The highest BCUT2D eigenvalue weighted by atomic mass is 16.1. The van der Waals surface area contributed by atoms with Gasteiger partial charge in [0, 0.05) is 19.4 Å². The van der Waals surface area contributed by atoms with Crippen LogP contribution in [0.1, 0.15) is 16.1 Å². The zero-order chi connectivity index (χ0) is 12.8. The van der Waals surface area contributed by atoms with E-state index in [4.69, 9.17) is 0 Å². The van der Waals surface area contributed by atoms with E-state index in [1.807, 2.05) is 0 Å². The van der Waals surface area contributed by atoms with Crippen molar-refractivity contribution in [3.05, 3.63) is 48.2 Å². The van der Waals surface area contributed by atoms with Crippen LogP contribution in [-0.2, 0) is 6.54 Å². The van der Waals surface area contributed by atoms with Gasteiger partial charge in [0.25, 0.3) is 5.91 Å². The van der Waals surface area contributed by atoms with Gasteiger partial charge >= 0.3 is 0 Å². The van der Waals surface area contributed by atoms with E-state index < -0.39 is 0 Å². The Morgan fingerprint density at radius 1 is 1.28 bits per heavy atom. The summed E-state index contributed by atoms with van der Waals surface area (Å²) in [5, 5.41) is 5.65. The SMILES string of the molecule is CNc1ccc(C(=O)NCc2ccncn2)cn1. The normalized spacial score (nSPS) is 9.83. The van der Waals surface area contributed by atoms with Gasteiger partial charge in [0.1, 0.15) is 12.1 Å². The first-order valence-electron chi connectivity index (χ1n) is 5.46. The number of rotatable bonds is 4. The molecule has 0 spiro atoms. The molecule has 18 heavy (non-hydrogen) atoms. The summed E-state index contributed by atoms with van der Waals surface area (Å²) < 4.78 is 0. The van der Waals surface area contributed by atoms with Gasteiger partial charge in [-0.15, -0.1) is 0 Å². The number of anilines is 1. The van der Waals surface area contributed by atoms with E-state index in [1.54, 1.807) is 31.4 Å². The summed E-state index contributed by atoms with van der Waals surface area (Å²) >= 11 is 0. The number of nitrogens with zero attached hydrogens (tertiary/aromatic N) is 3. The van der Waals surface area contributed by atoms with E-state index in [0.717, 1.165) is 11.5 Å². The van der Waals surface area contributed by atoms with Gasteiger partial charge in [-0.05, 0) is 18.2 Å². The van der Waals surface area contributed by atoms with E-state index >= 15 is 0 Å². The maximum absolute atomic E-state index is 11.8. The minimum absolute atomic E-state index is 0.177. The molecule has 2 aromatic rings. The van der Waals surface area contributed by atoms with E-state index in [2.05, 4.69) is 25.6 Å². The average Bonchev–Trinajstić information content (AvgIpc) is 2.46. The molecule has 0 aliphatic heterocycles. The van der Waals surface area contributed by atoms with Crippen LogP contribution in [-0.4, -0.2) is 27.9 Å². The van der Waals surface area contributed by atoms with Gasteiger partial charge in [-0.2, -0.15) is 0 Å². The number of amides is 1. The maximum Gasteiger partial charge on any atom is 0.253 e. The fourth-order valence-corrected chi connectivity index (χ4v) is 1.37. The molecule has 6 heteroatoms. The lowest BCUT2D eigenvalue weighted by atomic mass is 10.2.